The highest BCUT2D eigenvalue weighted by Gasteiger charge is 2.32. The Morgan fingerprint density at radius 1 is 1.54 bits per heavy atom. The second-order valence-corrected chi connectivity index (χ2v) is 4.54. The number of nitrogens with zero attached hydrogens (tertiary/aromatic N) is 1. The molecule has 76 valence electrons. The van der Waals surface area contributed by atoms with Gasteiger partial charge in [0, 0.05) is 24.5 Å². The molecule has 1 aliphatic rings. The Morgan fingerprint density at radius 3 is 2.46 bits per heavy atom. The fraction of sp³-hybridized carbons (Fsp3) is 0.875. The number of hydrogen-bond acceptors (Lipinski definition) is 4. The molecule has 0 aliphatic carbocycles. The van der Waals surface area contributed by atoms with E-state index in [-0.39, 0.29) is 11.2 Å². The number of carbonyl (C=O) groups is 1. The van der Waals surface area contributed by atoms with E-state index in [0.29, 0.717) is 6.67 Å². The number of hydrogen-bond donors (Lipinski definition) is 3. The van der Waals surface area contributed by atoms with E-state index in [1.54, 1.807) is 0 Å². The monoisotopic (exact) mass is 204 g/mol. The molecule has 0 amide bonds. The number of aliphatic carboxylic acids is 1. The summed E-state index contributed by atoms with van der Waals surface area (Å²) in [6.45, 7) is 2.26. The Hall–Kier alpha value is -0.260. The molecule has 5 heteroatoms. The van der Waals surface area contributed by atoms with Gasteiger partial charge in [-0.2, -0.15) is 12.6 Å². The van der Waals surface area contributed by atoms with E-state index in [2.05, 4.69) is 17.5 Å². The molecule has 1 fully saturated rings. The van der Waals surface area contributed by atoms with Crippen LogP contribution in [0, 0.1) is 0 Å². The minimum absolute atomic E-state index is 0.147. The minimum Gasteiger partial charge on any atom is -0.481 e. The van der Waals surface area contributed by atoms with E-state index in [4.69, 9.17) is 10.8 Å². The number of thiol groups is 1. The average Bonchev–Trinajstić information content (AvgIpc) is 2.04. The zero-order chi connectivity index (χ0) is 9.90. The fourth-order valence-corrected chi connectivity index (χ4v) is 1.95. The Kier molecular flexibility index (Phi) is 3.58. The number of likely N-dealkylation sites (tertiary alicyclic amines) is 1. The van der Waals surface area contributed by atoms with Crippen LogP contribution in [0.4, 0.5) is 0 Å². The largest absolute Gasteiger partial charge is 0.481 e. The Morgan fingerprint density at radius 2 is 2.08 bits per heavy atom. The molecule has 0 aromatic heterocycles. The van der Waals surface area contributed by atoms with E-state index in [1.165, 1.54) is 0 Å². The van der Waals surface area contributed by atoms with Crippen molar-refractivity contribution in [1.82, 2.24) is 4.90 Å². The highest BCUT2D eigenvalue weighted by atomic mass is 32.1. The van der Waals surface area contributed by atoms with Crippen molar-refractivity contribution in [3.63, 3.8) is 0 Å². The van der Waals surface area contributed by atoms with Crippen molar-refractivity contribution in [2.75, 3.05) is 19.8 Å². The van der Waals surface area contributed by atoms with E-state index >= 15 is 0 Å². The number of rotatable bonds is 3. The molecule has 13 heavy (non-hydrogen) atoms. The van der Waals surface area contributed by atoms with Crippen molar-refractivity contribution in [1.29, 1.82) is 0 Å². The van der Waals surface area contributed by atoms with Gasteiger partial charge >= 0.3 is 5.97 Å². The van der Waals surface area contributed by atoms with Crippen molar-refractivity contribution in [2.45, 2.75) is 24.0 Å². The van der Waals surface area contributed by atoms with Gasteiger partial charge in [0.2, 0.25) is 0 Å². The van der Waals surface area contributed by atoms with Gasteiger partial charge in [-0.05, 0) is 12.8 Å². The topological polar surface area (TPSA) is 66.6 Å². The van der Waals surface area contributed by atoms with Gasteiger partial charge in [-0.3, -0.25) is 9.69 Å². The van der Waals surface area contributed by atoms with Crippen molar-refractivity contribution in [3.8, 4) is 0 Å². The first-order valence-electron chi connectivity index (χ1n) is 4.42. The molecular formula is C8H16N2O2S. The third-order valence-corrected chi connectivity index (χ3v) is 3.13. The van der Waals surface area contributed by atoms with E-state index in [0.717, 1.165) is 25.9 Å². The number of carboxylic acids is 1. The first-order chi connectivity index (χ1) is 6.06. The molecule has 0 atom stereocenters. The van der Waals surface area contributed by atoms with Gasteiger partial charge in [-0.25, -0.2) is 0 Å². The molecule has 1 saturated heterocycles. The van der Waals surface area contributed by atoms with Gasteiger partial charge in [0.05, 0.1) is 6.42 Å². The van der Waals surface area contributed by atoms with E-state index < -0.39 is 5.97 Å². The summed E-state index contributed by atoms with van der Waals surface area (Å²) in [5, 5.41) is 8.67. The SMILES string of the molecule is NCN1CCC(S)(CC(=O)O)CC1. The zero-order valence-corrected chi connectivity index (χ0v) is 8.46. The first kappa shape index (κ1) is 10.8. The zero-order valence-electron chi connectivity index (χ0n) is 7.57. The maximum atomic E-state index is 10.5. The normalized spacial score (nSPS) is 22.9. The molecule has 0 bridgehead atoms. The summed E-state index contributed by atoms with van der Waals surface area (Å²) in [6, 6.07) is 0. The van der Waals surface area contributed by atoms with Crippen LogP contribution in [-0.4, -0.2) is 40.5 Å². The summed E-state index contributed by atoms with van der Waals surface area (Å²) >= 11 is 4.42. The van der Waals surface area contributed by atoms with Gasteiger partial charge in [0.15, 0.2) is 0 Å². The van der Waals surface area contributed by atoms with Crippen LogP contribution in [-0.2, 0) is 4.79 Å². The second kappa shape index (κ2) is 4.30. The quantitative estimate of drug-likeness (QED) is 0.572. The Labute approximate surface area is 83.5 Å². The summed E-state index contributed by atoms with van der Waals surface area (Å²) in [5.74, 6) is -0.767. The standard InChI is InChI=1S/C8H16N2O2S/c9-6-10-3-1-8(13,2-4-10)5-7(11)12/h13H,1-6,9H2,(H,11,12). The lowest BCUT2D eigenvalue weighted by molar-refractivity contribution is -0.137. The molecule has 0 spiro atoms. The van der Waals surface area contributed by atoms with Crippen molar-refractivity contribution in [2.24, 2.45) is 5.73 Å². The van der Waals surface area contributed by atoms with Gasteiger partial charge in [-0.15, -0.1) is 0 Å². The summed E-state index contributed by atoms with van der Waals surface area (Å²) in [4.78, 5) is 12.6. The van der Waals surface area contributed by atoms with Crippen LogP contribution < -0.4 is 5.73 Å². The molecule has 4 nitrogen and oxygen atoms in total. The first-order valence-corrected chi connectivity index (χ1v) is 4.87. The highest BCUT2D eigenvalue weighted by Crippen LogP contribution is 2.31. The maximum absolute atomic E-state index is 10.5. The van der Waals surface area contributed by atoms with Crippen LogP contribution in [0.3, 0.4) is 0 Å². The molecule has 0 aromatic rings. The smallest absolute Gasteiger partial charge is 0.304 e. The van der Waals surface area contributed by atoms with Gasteiger partial charge < -0.3 is 10.8 Å². The summed E-state index contributed by atoms with van der Waals surface area (Å²) in [5.41, 5.74) is 5.48. The lowest BCUT2D eigenvalue weighted by Gasteiger charge is -2.37. The number of carboxylic acid groups (broad SMARTS) is 1. The van der Waals surface area contributed by atoms with Crippen molar-refractivity contribution >= 4 is 18.6 Å². The summed E-state index contributed by atoms with van der Waals surface area (Å²) in [6.07, 6.45) is 1.76. The van der Waals surface area contributed by atoms with Crippen LogP contribution in [0.1, 0.15) is 19.3 Å². The molecule has 0 unspecified atom stereocenters. The number of nitrogens with two attached hydrogens (primary N) is 1. The third kappa shape index (κ3) is 3.17. The minimum atomic E-state index is -0.767. The van der Waals surface area contributed by atoms with Crippen LogP contribution in [0.25, 0.3) is 0 Å². The molecule has 1 rings (SSSR count). The molecular weight excluding hydrogens is 188 g/mol. The molecule has 0 aromatic carbocycles. The van der Waals surface area contributed by atoms with Gasteiger partial charge in [0.1, 0.15) is 0 Å². The molecule has 1 heterocycles. The lowest BCUT2D eigenvalue weighted by atomic mass is 9.92. The highest BCUT2D eigenvalue weighted by molar-refractivity contribution is 7.81. The second-order valence-electron chi connectivity index (χ2n) is 3.60. The summed E-state index contributed by atoms with van der Waals surface area (Å²) < 4.78 is -0.322. The lowest BCUT2D eigenvalue weighted by Crippen LogP contribution is -2.44. The number of piperidine rings is 1. The van der Waals surface area contributed by atoms with E-state index in [9.17, 15) is 4.79 Å². The van der Waals surface area contributed by atoms with Crippen LogP contribution >= 0.6 is 12.6 Å². The van der Waals surface area contributed by atoms with Crippen LogP contribution in [0.15, 0.2) is 0 Å². The molecule has 3 N–H and O–H groups in total. The van der Waals surface area contributed by atoms with Crippen molar-refractivity contribution < 1.29 is 9.90 Å². The van der Waals surface area contributed by atoms with Crippen LogP contribution in [0.5, 0.6) is 0 Å². The average molecular weight is 204 g/mol. The van der Waals surface area contributed by atoms with Crippen molar-refractivity contribution in [3.05, 3.63) is 0 Å². The third-order valence-electron chi connectivity index (χ3n) is 2.53. The van der Waals surface area contributed by atoms with Crippen LogP contribution in [0.2, 0.25) is 0 Å². The molecule has 1 aliphatic heterocycles. The maximum Gasteiger partial charge on any atom is 0.304 e. The van der Waals surface area contributed by atoms with Gasteiger partial charge in [-0.1, -0.05) is 0 Å². The van der Waals surface area contributed by atoms with E-state index in [1.807, 2.05) is 0 Å². The predicted molar refractivity (Wildman–Crippen MR) is 53.8 cm³/mol. The van der Waals surface area contributed by atoms with Gasteiger partial charge in [0.25, 0.3) is 0 Å². The Bertz CT molecular complexity index is 191. The Balaban J connectivity index is 2.41. The molecule has 0 saturated carbocycles. The predicted octanol–water partition coefficient (Wildman–Crippen LogP) is 0.142. The fourth-order valence-electron chi connectivity index (χ4n) is 1.61. The summed E-state index contributed by atoms with van der Waals surface area (Å²) in [7, 11) is 0. The molecule has 0 radical (unpaired) electrons.